The van der Waals surface area contributed by atoms with Crippen molar-refractivity contribution in [2.45, 2.75) is 26.9 Å². The van der Waals surface area contributed by atoms with E-state index in [0.717, 1.165) is 0 Å². The first kappa shape index (κ1) is 9.21. The van der Waals surface area contributed by atoms with Gasteiger partial charge in [-0.2, -0.15) is 0 Å². The van der Waals surface area contributed by atoms with Gasteiger partial charge in [0.25, 0.3) is 0 Å². The topological polar surface area (TPSA) is 26.3 Å². The minimum atomic E-state index is -0.346. The van der Waals surface area contributed by atoms with Crippen LogP contribution in [0.25, 0.3) is 0 Å². The van der Waals surface area contributed by atoms with Gasteiger partial charge < -0.3 is 4.74 Å². The molecule has 0 bridgehead atoms. The van der Waals surface area contributed by atoms with Gasteiger partial charge in [0.1, 0.15) is 6.10 Å². The Balaban J connectivity index is 3.67. The van der Waals surface area contributed by atoms with Crippen molar-refractivity contribution >= 4 is 5.97 Å². The van der Waals surface area contributed by atoms with Gasteiger partial charge in [-0.3, -0.25) is 0 Å². The Morgan fingerprint density at radius 3 is 2.30 bits per heavy atom. The van der Waals surface area contributed by atoms with Gasteiger partial charge in [-0.15, -0.1) is 0 Å². The van der Waals surface area contributed by atoms with Crippen molar-refractivity contribution in [3.05, 3.63) is 12.7 Å². The van der Waals surface area contributed by atoms with Crippen LogP contribution in [0.1, 0.15) is 20.8 Å². The molecule has 0 saturated carbocycles. The average molecular weight is 142 g/mol. The second-order valence-corrected chi connectivity index (χ2v) is 2.59. The van der Waals surface area contributed by atoms with E-state index in [1.54, 1.807) is 0 Å². The number of rotatable bonds is 3. The maximum absolute atomic E-state index is 10.6. The lowest BCUT2D eigenvalue weighted by molar-refractivity contribution is -0.144. The van der Waals surface area contributed by atoms with Crippen molar-refractivity contribution in [1.82, 2.24) is 0 Å². The van der Waals surface area contributed by atoms with Crippen LogP contribution in [0.5, 0.6) is 0 Å². The monoisotopic (exact) mass is 142 g/mol. The van der Waals surface area contributed by atoms with Gasteiger partial charge in [0.2, 0.25) is 0 Å². The highest BCUT2D eigenvalue weighted by Gasteiger charge is 2.09. The summed E-state index contributed by atoms with van der Waals surface area (Å²) in [6.07, 6.45) is 1.16. The lowest BCUT2D eigenvalue weighted by atomic mass is 10.1. The molecule has 0 spiro atoms. The quantitative estimate of drug-likeness (QED) is 0.443. The van der Waals surface area contributed by atoms with E-state index in [0.29, 0.717) is 5.92 Å². The maximum atomic E-state index is 10.6. The first-order valence-corrected chi connectivity index (χ1v) is 3.41. The van der Waals surface area contributed by atoms with Crippen LogP contribution in [0, 0.1) is 5.92 Å². The van der Waals surface area contributed by atoms with E-state index in [1.165, 1.54) is 6.08 Å². The molecule has 0 aromatic carbocycles. The highest BCUT2D eigenvalue weighted by atomic mass is 16.5. The Kier molecular flexibility index (Phi) is 3.77. The fourth-order valence-electron chi connectivity index (χ4n) is 0.367. The van der Waals surface area contributed by atoms with Crippen molar-refractivity contribution in [3.8, 4) is 0 Å². The van der Waals surface area contributed by atoms with Crippen molar-refractivity contribution in [2.75, 3.05) is 0 Å². The molecule has 58 valence electrons. The van der Waals surface area contributed by atoms with Crippen LogP contribution in [0.4, 0.5) is 0 Å². The maximum Gasteiger partial charge on any atom is 0.330 e. The number of carbonyl (C=O) groups is 1. The van der Waals surface area contributed by atoms with Crippen molar-refractivity contribution in [3.63, 3.8) is 0 Å². The zero-order valence-electron chi connectivity index (χ0n) is 6.76. The summed E-state index contributed by atoms with van der Waals surface area (Å²) < 4.78 is 4.90. The van der Waals surface area contributed by atoms with Crippen molar-refractivity contribution in [1.29, 1.82) is 0 Å². The summed E-state index contributed by atoms with van der Waals surface area (Å²) >= 11 is 0. The van der Waals surface area contributed by atoms with Crippen LogP contribution in [-0.4, -0.2) is 12.1 Å². The molecule has 0 aliphatic carbocycles. The average Bonchev–Trinajstić information content (AvgIpc) is 1.87. The summed E-state index contributed by atoms with van der Waals surface area (Å²) in [5.74, 6) is 0.0186. The van der Waals surface area contributed by atoms with E-state index in [2.05, 4.69) is 6.58 Å². The third-order valence-corrected chi connectivity index (χ3v) is 1.41. The number of hydrogen-bond donors (Lipinski definition) is 0. The van der Waals surface area contributed by atoms with Crippen LogP contribution in [0.3, 0.4) is 0 Å². The first-order valence-electron chi connectivity index (χ1n) is 3.41. The molecule has 0 radical (unpaired) electrons. The number of carbonyl (C=O) groups excluding carboxylic acids is 1. The van der Waals surface area contributed by atoms with E-state index in [1.807, 2.05) is 20.8 Å². The zero-order valence-corrected chi connectivity index (χ0v) is 6.76. The van der Waals surface area contributed by atoms with E-state index in [9.17, 15) is 4.79 Å². The molecular weight excluding hydrogens is 128 g/mol. The molecule has 0 aromatic rings. The van der Waals surface area contributed by atoms with Crippen LogP contribution in [0.15, 0.2) is 12.7 Å². The lowest BCUT2D eigenvalue weighted by Gasteiger charge is -2.14. The number of esters is 1. The van der Waals surface area contributed by atoms with Gasteiger partial charge in [0.05, 0.1) is 0 Å². The highest BCUT2D eigenvalue weighted by Crippen LogP contribution is 2.04. The second-order valence-electron chi connectivity index (χ2n) is 2.59. The molecule has 10 heavy (non-hydrogen) atoms. The molecule has 0 aliphatic rings. The van der Waals surface area contributed by atoms with Gasteiger partial charge in [-0.1, -0.05) is 20.4 Å². The Morgan fingerprint density at radius 1 is 1.50 bits per heavy atom. The first-order chi connectivity index (χ1) is 4.57. The molecule has 0 fully saturated rings. The van der Waals surface area contributed by atoms with Gasteiger partial charge in [0, 0.05) is 6.08 Å². The standard InChI is InChI=1S/C8H14O2/c1-5-8(9)10-7(4)6(2)3/h5-7H,1H2,2-4H3. The second kappa shape index (κ2) is 4.09. The molecular formula is C8H14O2. The molecule has 0 N–H and O–H groups in total. The van der Waals surface area contributed by atoms with E-state index in [4.69, 9.17) is 4.74 Å². The summed E-state index contributed by atoms with van der Waals surface area (Å²) in [5.41, 5.74) is 0. The number of hydrogen-bond acceptors (Lipinski definition) is 2. The Hall–Kier alpha value is -0.790. The van der Waals surface area contributed by atoms with Crippen molar-refractivity contribution in [2.24, 2.45) is 5.92 Å². The van der Waals surface area contributed by atoms with Crippen LogP contribution in [-0.2, 0) is 9.53 Å². The molecule has 0 aliphatic heterocycles. The fourth-order valence-corrected chi connectivity index (χ4v) is 0.367. The molecule has 0 amide bonds. The van der Waals surface area contributed by atoms with E-state index >= 15 is 0 Å². The SMILES string of the molecule is C=CC(=O)OC(C)C(C)C. The summed E-state index contributed by atoms with van der Waals surface area (Å²) in [6.45, 7) is 9.17. The van der Waals surface area contributed by atoms with Crippen LogP contribution >= 0.6 is 0 Å². The Morgan fingerprint density at radius 2 is 2.00 bits per heavy atom. The summed E-state index contributed by atoms with van der Waals surface area (Å²) in [5, 5.41) is 0. The minimum Gasteiger partial charge on any atom is -0.459 e. The fraction of sp³-hybridized carbons (Fsp3) is 0.625. The molecule has 1 unspecified atom stereocenters. The predicted octanol–water partition coefficient (Wildman–Crippen LogP) is 1.76. The molecule has 0 heterocycles. The Labute approximate surface area is 61.9 Å². The van der Waals surface area contributed by atoms with Gasteiger partial charge in [0.15, 0.2) is 0 Å². The van der Waals surface area contributed by atoms with Crippen LogP contribution < -0.4 is 0 Å². The van der Waals surface area contributed by atoms with Gasteiger partial charge >= 0.3 is 5.97 Å². The van der Waals surface area contributed by atoms with Crippen LogP contribution in [0.2, 0.25) is 0 Å². The number of ether oxygens (including phenoxy) is 1. The Bertz CT molecular complexity index is 127. The van der Waals surface area contributed by atoms with Gasteiger partial charge in [-0.05, 0) is 12.8 Å². The van der Waals surface area contributed by atoms with E-state index in [-0.39, 0.29) is 12.1 Å². The third-order valence-electron chi connectivity index (χ3n) is 1.41. The summed E-state index contributed by atoms with van der Waals surface area (Å²) in [6, 6.07) is 0. The predicted molar refractivity (Wildman–Crippen MR) is 40.6 cm³/mol. The third kappa shape index (κ3) is 3.28. The highest BCUT2D eigenvalue weighted by molar-refractivity contribution is 5.81. The molecule has 1 atom stereocenters. The zero-order chi connectivity index (χ0) is 8.15. The molecule has 0 aromatic heterocycles. The van der Waals surface area contributed by atoms with E-state index < -0.39 is 0 Å². The molecule has 2 nitrogen and oxygen atoms in total. The molecule has 0 rings (SSSR count). The lowest BCUT2D eigenvalue weighted by Crippen LogP contribution is -2.18. The summed E-state index contributed by atoms with van der Waals surface area (Å²) in [4.78, 5) is 10.6. The largest absolute Gasteiger partial charge is 0.459 e. The van der Waals surface area contributed by atoms with Gasteiger partial charge in [-0.25, -0.2) is 4.79 Å². The minimum absolute atomic E-state index is 0.0227. The normalized spacial score (nSPS) is 12.8. The smallest absolute Gasteiger partial charge is 0.330 e. The molecule has 2 heteroatoms. The van der Waals surface area contributed by atoms with Crippen molar-refractivity contribution < 1.29 is 9.53 Å². The molecule has 0 saturated heterocycles. The summed E-state index contributed by atoms with van der Waals surface area (Å²) in [7, 11) is 0.